The van der Waals surface area contributed by atoms with Crippen molar-refractivity contribution in [1.82, 2.24) is 5.32 Å². The fourth-order valence-corrected chi connectivity index (χ4v) is 1.59. The van der Waals surface area contributed by atoms with Crippen molar-refractivity contribution in [2.45, 2.75) is 41.0 Å². The minimum absolute atomic E-state index is 0.105. The van der Waals surface area contributed by atoms with Crippen molar-refractivity contribution in [3.63, 3.8) is 0 Å². The normalized spacial score (nSPS) is 11.4. The molecular formula is C15H23NO. The number of amides is 1. The number of benzene rings is 1. The lowest BCUT2D eigenvalue weighted by atomic mass is 9.96. The first-order chi connectivity index (χ1) is 7.78. The van der Waals surface area contributed by atoms with Gasteiger partial charge in [-0.05, 0) is 30.4 Å². The number of carbonyl (C=O) groups excluding carboxylic acids is 1. The second-order valence-corrected chi connectivity index (χ2v) is 5.94. The monoisotopic (exact) mass is 233 g/mol. The van der Waals surface area contributed by atoms with Gasteiger partial charge in [-0.1, -0.05) is 44.5 Å². The molecule has 94 valence electrons. The highest BCUT2D eigenvalue weighted by Gasteiger charge is 2.12. The summed E-state index contributed by atoms with van der Waals surface area (Å²) in [6.45, 7) is 11.2. The standard InChI is InChI=1S/C15H23NO/c1-11-6-7-12(2)13(8-11)9-14(17)16-10-15(3,4)5/h6-8H,9-10H2,1-5H3,(H,16,17). The zero-order valence-corrected chi connectivity index (χ0v) is 11.6. The number of rotatable bonds is 3. The zero-order chi connectivity index (χ0) is 13.1. The first kappa shape index (κ1) is 13.8. The van der Waals surface area contributed by atoms with Gasteiger partial charge in [0, 0.05) is 6.54 Å². The summed E-state index contributed by atoms with van der Waals surface area (Å²) < 4.78 is 0. The topological polar surface area (TPSA) is 29.1 Å². The molecule has 0 saturated heterocycles. The van der Waals surface area contributed by atoms with E-state index >= 15 is 0 Å². The molecule has 0 radical (unpaired) electrons. The second kappa shape index (κ2) is 5.35. The third kappa shape index (κ3) is 5.03. The van der Waals surface area contributed by atoms with Gasteiger partial charge in [-0.3, -0.25) is 4.79 Å². The van der Waals surface area contributed by atoms with Gasteiger partial charge in [0.1, 0.15) is 0 Å². The van der Waals surface area contributed by atoms with Crippen LogP contribution in [0.1, 0.15) is 37.5 Å². The Morgan fingerprint density at radius 1 is 1.24 bits per heavy atom. The molecule has 0 saturated carbocycles. The van der Waals surface area contributed by atoms with E-state index < -0.39 is 0 Å². The summed E-state index contributed by atoms with van der Waals surface area (Å²) in [7, 11) is 0. The van der Waals surface area contributed by atoms with Crippen molar-refractivity contribution >= 4 is 5.91 Å². The van der Waals surface area contributed by atoms with Gasteiger partial charge in [0.15, 0.2) is 0 Å². The molecule has 1 aromatic rings. The molecule has 0 spiro atoms. The zero-order valence-electron chi connectivity index (χ0n) is 11.6. The van der Waals surface area contributed by atoms with Crippen LogP contribution in [-0.4, -0.2) is 12.5 Å². The van der Waals surface area contributed by atoms with E-state index in [1.807, 2.05) is 6.92 Å². The molecule has 0 aromatic heterocycles. The van der Waals surface area contributed by atoms with Gasteiger partial charge in [0.25, 0.3) is 0 Å². The lowest BCUT2D eigenvalue weighted by Gasteiger charge is -2.19. The largest absolute Gasteiger partial charge is 0.355 e. The van der Waals surface area contributed by atoms with Crippen LogP contribution in [0, 0.1) is 19.3 Å². The molecule has 0 aliphatic rings. The number of carbonyl (C=O) groups is 1. The third-order valence-corrected chi connectivity index (χ3v) is 2.67. The van der Waals surface area contributed by atoms with Crippen LogP contribution in [0.5, 0.6) is 0 Å². The highest BCUT2D eigenvalue weighted by Crippen LogP contribution is 2.13. The Morgan fingerprint density at radius 3 is 2.47 bits per heavy atom. The van der Waals surface area contributed by atoms with Crippen molar-refractivity contribution in [1.29, 1.82) is 0 Å². The highest BCUT2D eigenvalue weighted by molar-refractivity contribution is 5.79. The van der Waals surface area contributed by atoms with Crippen LogP contribution in [0.2, 0.25) is 0 Å². The summed E-state index contributed by atoms with van der Waals surface area (Å²) in [5.41, 5.74) is 3.64. The fraction of sp³-hybridized carbons (Fsp3) is 0.533. The summed E-state index contributed by atoms with van der Waals surface area (Å²) in [5.74, 6) is 0.105. The molecule has 0 heterocycles. The first-order valence-electron chi connectivity index (χ1n) is 6.11. The van der Waals surface area contributed by atoms with Crippen molar-refractivity contribution < 1.29 is 4.79 Å². The van der Waals surface area contributed by atoms with Crippen LogP contribution in [0.3, 0.4) is 0 Å². The van der Waals surface area contributed by atoms with Crippen molar-refractivity contribution in [3.05, 3.63) is 34.9 Å². The van der Waals surface area contributed by atoms with Crippen LogP contribution in [0.15, 0.2) is 18.2 Å². The summed E-state index contributed by atoms with van der Waals surface area (Å²) in [4.78, 5) is 11.8. The quantitative estimate of drug-likeness (QED) is 0.854. The molecule has 17 heavy (non-hydrogen) atoms. The number of hydrogen-bond acceptors (Lipinski definition) is 1. The second-order valence-electron chi connectivity index (χ2n) is 5.94. The Hall–Kier alpha value is -1.31. The third-order valence-electron chi connectivity index (χ3n) is 2.67. The average Bonchev–Trinajstić information content (AvgIpc) is 2.20. The van der Waals surface area contributed by atoms with E-state index in [2.05, 4.69) is 51.2 Å². The summed E-state index contributed by atoms with van der Waals surface area (Å²) in [5, 5.41) is 2.98. The van der Waals surface area contributed by atoms with Crippen LogP contribution in [0.4, 0.5) is 0 Å². The molecule has 1 N–H and O–H groups in total. The van der Waals surface area contributed by atoms with E-state index in [-0.39, 0.29) is 11.3 Å². The molecule has 0 fully saturated rings. The first-order valence-corrected chi connectivity index (χ1v) is 6.11. The maximum atomic E-state index is 11.8. The van der Waals surface area contributed by atoms with E-state index in [9.17, 15) is 4.79 Å². The minimum Gasteiger partial charge on any atom is -0.355 e. The van der Waals surface area contributed by atoms with Crippen molar-refractivity contribution in [2.24, 2.45) is 5.41 Å². The molecule has 1 rings (SSSR count). The Balaban J connectivity index is 2.59. The summed E-state index contributed by atoms with van der Waals surface area (Å²) in [6, 6.07) is 6.24. The molecule has 2 heteroatoms. The van der Waals surface area contributed by atoms with Gasteiger partial charge in [0.05, 0.1) is 6.42 Å². The molecule has 1 aromatic carbocycles. The minimum atomic E-state index is 0.105. The number of hydrogen-bond donors (Lipinski definition) is 1. The Bertz CT molecular complexity index is 402. The van der Waals surface area contributed by atoms with Gasteiger partial charge in [-0.15, -0.1) is 0 Å². The highest BCUT2D eigenvalue weighted by atomic mass is 16.1. The van der Waals surface area contributed by atoms with Gasteiger partial charge in [0.2, 0.25) is 5.91 Å². The predicted octanol–water partition coefficient (Wildman–Crippen LogP) is 3.01. The molecule has 0 atom stereocenters. The van der Waals surface area contributed by atoms with E-state index in [0.717, 1.165) is 12.1 Å². The average molecular weight is 233 g/mol. The van der Waals surface area contributed by atoms with Crippen LogP contribution in [0.25, 0.3) is 0 Å². The molecule has 0 bridgehead atoms. The van der Waals surface area contributed by atoms with E-state index in [1.54, 1.807) is 0 Å². The lowest BCUT2D eigenvalue weighted by molar-refractivity contribution is -0.120. The van der Waals surface area contributed by atoms with Gasteiger partial charge < -0.3 is 5.32 Å². The van der Waals surface area contributed by atoms with Crippen LogP contribution >= 0.6 is 0 Å². The molecule has 0 unspecified atom stereocenters. The molecular weight excluding hydrogens is 210 g/mol. The van der Waals surface area contributed by atoms with Crippen molar-refractivity contribution in [2.75, 3.05) is 6.54 Å². The van der Waals surface area contributed by atoms with E-state index in [0.29, 0.717) is 6.42 Å². The van der Waals surface area contributed by atoms with Crippen LogP contribution in [-0.2, 0) is 11.2 Å². The van der Waals surface area contributed by atoms with E-state index in [4.69, 9.17) is 0 Å². The van der Waals surface area contributed by atoms with E-state index in [1.165, 1.54) is 11.1 Å². The van der Waals surface area contributed by atoms with Gasteiger partial charge >= 0.3 is 0 Å². The van der Waals surface area contributed by atoms with Gasteiger partial charge in [-0.2, -0.15) is 0 Å². The fourth-order valence-electron chi connectivity index (χ4n) is 1.59. The summed E-state index contributed by atoms with van der Waals surface area (Å²) in [6.07, 6.45) is 0.476. The van der Waals surface area contributed by atoms with Crippen LogP contribution < -0.4 is 5.32 Å². The summed E-state index contributed by atoms with van der Waals surface area (Å²) >= 11 is 0. The Labute approximate surface area is 104 Å². The smallest absolute Gasteiger partial charge is 0.224 e. The Kier molecular flexibility index (Phi) is 4.33. The van der Waals surface area contributed by atoms with Gasteiger partial charge in [-0.25, -0.2) is 0 Å². The predicted molar refractivity (Wildman–Crippen MR) is 72.1 cm³/mol. The Morgan fingerprint density at radius 2 is 1.88 bits per heavy atom. The molecule has 2 nitrogen and oxygen atoms in total. The molecule has 0 aliphatic carbocycles. The SMILES string of the molecule is Cc1ccc(C)c(CC(=O)NCC(C)(C)C)c1. The molecule has 1 amide bonds. The molecule has 0 aliphatic heterocycles. The van der Waals surface area contributed by atoms with Crippen molar-refractivity contribution in [3.8, 4) is 0 Å². The maximum absolute atomic E-state index is 11.8. The maximum Gasteiger partial charge on any atom is 0.224 e. The lowest BCUT2D eigenvalue weighted by Crippen LogP contribution is -2.33. The number of nitrogens with one attached hydrogen (secondary N) is 1. The number of aryl methyl sites for hydroxylation is 2.